The molecule has 0 saturated heterocycles. The van der Waals surface area contributed by atoms with Crippen LogP contribution in [0, 0.1) is 0 Å². The number of hydrogen-bond acceptors (Lipinski definition) is 4. The van der Waals surface area contributed by atoms with Gasteiger partial charge in [-0.1, -0.05) is 26.0 Å². The second-order valence-corrected chi connectivity index (χ2v) is 6.81. The van der Waals surface area contributed by atoms with Gasteiger partial charge in [0, 0.05) is 12.6 Å². The van der Waals surface area contributed by atoms with Gasteiger partial charge in [0.1, 0.15) is 5.75 Å². The second-order valence-electron chi connectivity index (χ2n) is 6.81. The van der Waals surface area contributed by atoms with E-state index >= 15 is 0 Å². The monoisotopic (exact) mass is 391 g/mol. The first-order valence-electron chi connectivity index (χ1n) is 10.3. The van der Waals surface area contributed by atoms with E-state index in [9.17, 15) is 4.79 Å². The van der Waals surface area contributed by atoms with Gasteiger partial charge in [-0.25, -0.2) is 4.99 Å². The van der Waals surface area contributed by atoms with Crippen molar-refractivity contribution in [3.63, 3.8) is 0 Å². The Labute approximate surface area is 169 Å². The topological polar surface area (TPSA) is 92.0 Å². The van der Waals surface area contributed by atoms with E-state index in [0.717, 1.165) is 50.5 Å². The minimum atomic E-state index is -0.489. The fraction of sp³-hybridized carbons (Fsp3) is 0.619. The van der Waals surface area contributed by atoms with E-state index in [1.807, 2.05) is 18.2 Å². The average Bonchev–Trinajstić information content (AvgIpc) is 2.68. The van der Waals surface area contributed by atoms with Crippen LogP contribution in [0.3, 0.4) is 0 Å². The summed E-state index contributed by atoms with van der Waals surface area (Å²) < 4.78 is 5.35. The first-order valence-corrected chi connectivity index (χ1v) is 10.3. The van der Waals surface area contributed by atoms with Crippen LogP contribution in [-0.2, 0) is 11.3 Å². The van der Waals surface area contributed by atoms with Gasteiger partial charge in [-0.3, -0.25) is 4.79 Å². The molecule has 7 heteroatoms. The zero-order chi connectivity index (χ0) is 20.8. The van der Waals surface area contributed by atoms with Crippen molar-refractivity contribution in [3.05, 3.63) is 29.8 Å². The Hall–Kier alpha value is -2.28. The van der Waals surface area contributed by atoms with Gasteiger partial charge in [-0.2, -0.15) is 0 Å². The van der Waals surface area contributed by atoms with E-state index < -0.39 is 5.91 Å². The van der Waals surface area contributed by atoms with Gasteiger partial charge < -0.3 is 26.0 Å². The lowest BCUT2D eigenvalue weighted by Crippen LogP contribution is -2.42. The molecule has 1 amide bonds. The number of amides is 1. The highest BCUT2D eigenvalue weighted by atomic mass is 16.5. The Kier molecular flexibility index (Phi) is 11.7. The number of carbonyl (C=O) groups excluding carboxylic acids is 1. The van der Waals surface area contributed by atoms with Crippen LogP contribution in [-0.4, -0.2) is 55.6 Å². The lowest BCUT2D eigenvalue weighted by molar-refractivity contribution is -0.119. The molecule has 28 heavy (non-hydrogen) atoms. The molecule has 1 rings (SSSR count). The van der Waals surface area contributed by atoms with E-state index in [1.54, 1.807) is 6.07 Å². The van der Waals surface area contributed by atoms with E-state index in [4.69, 9.17) is 10.5 Å². The zero-order valence-electron chi connectivity index (χ0n) is 17.8. The maximum atomic E-state index is 10.8. The summed E-state index contributed by atoms with van der Waals surface area (Å²) in [5.41, 5.74) is 6.13. The number of aliphatic imine (C=N–C) groups is 1. The van der Waals surface area contributed by atoms with Gasteiger partial charge in [0.25, 0.3) is 5.91 Å². The normalized spacial score (nSPS) is 12.7. The molecular formula is C21H37N5O2. The SMILES string of the molecule is CCNC(=NCc1cccc(OCC(N)=O)c1)NC(C)CCCN(CC)CC. The van der Waals surface area contributed by atoms with Crippen LogP contribution in [0.2, 0.25) is 0 Å². The van der Waals surface area contributed by atoms with E-state index in [0.29, 0.717) is 18.3 Å². The van der Waals surface area contributed by atoms with Crippen molar-refractivity contribution in [1.29, 1.82) is 0 Å². The van der Waals surface area contributed by atoms with Crippen LogP contribution >= 0.6 is 0 Å². The van der Waals surface area contributed by atoms with Crippen LogP contribution in [0.1, 0.15) is 46.1 Å². The molecule has 0 aliphatic rings. The summed E-state index contributed by atoms with van der Waals surface area (Å²) in [4.78, 5) is 18.0. The fourth-order valence-corrected chi connectivity index (χ4v) is 2.84. The Morgan fingerprint density at radius 2 is 2.04 bits per heavy atom. The number of nitrogens with zero attached hydrogens (tertiary/aromatic N) is 2. The summed E-state index contributed by atoms with van der Waals surface area (Å²) in [5, 5.41) is 6.78. The van der Waals surface area contributed by atoms with Crippen molar-refractivity contribution in [2.75, 3.05) is 32.8 Å². The van der Waals surface area contributed by atoms with Gasteiger partial charge in [-0.05, 0) is 64.0 Å². The van der Waals surface area contributed by atoms with Crippen molar-refractivity contribution in [1.82, 2.24) is 15.5 Å². The van der Waals surface area contributed by atoms with Gasteiger partial charge in [0.15, 0.2) is 12.6 Å². The molecule has 0 aliphatic heterocycles. The Morgan fingerprint density at radius 3 is 2.68 bits per heavy atom. The minimum absolute atomic E-state index is 0.123. The van der Waals surface area contributed by atoms with Crippen molar-refractivity contribution in [2.24, 2.45) is 10.7 Å². The van der Waals surface area contributed by atoms with Crippen LogP contribution < -0.4 is 21.1 Å². The molecule has 0 spiro atoms. The highest BCUT2D eigenvalue weighted by Gasteiger charge is 2.07. The fourth-order valence-electron chi connectivity index (χ4n) is 2.84. The van der Waals surface area contributed by atoms with E-state index in [1.165, 1.54) is 0 Å². The molecule has 7 nitrogen and oxygen atoms in total. The summed E-state index contributed by atoms with van der Waals surface area (Å²) in [6.45, 7) is 13.2. The number of primary amides is 1. The highest BCUT2D eigenvalue weighted by Crippen LogP contribution is 2.14. The molecule has 0 aromatic heterocycles. The van der Waals surface area contributed by atoms with Gasteiger partial charge >= 0.3 is 0 Å². The van der Waals surface area contributed by atoms with Crippen molar-refractivity contribution < 1.29 is 9.53 Å². The first-order chi connectivity index (χ1) is 13.5. The molecule has 158 valence electrons. The van der Waals surface area contributed by atoms with Crippen LogP contribution in [0.5, 0.6) is 5.75 Å². The van der Waals surface area contributed by atoms with Crippen molar-refractivity contribution >= 4 is 11.9 Å². The summed E-state index contributed by atoms with van der Waals surface area (Å²) in [6.07, 6.45) is 2.26. The van der Waals surface area contributed by atoms with Gasteiger partial charge in [0.2, 0.25) is 0 Å². The van der Waals surface area contributed by atoms with Crippen LogP contribution in [0.15, 0.2) is 29.3 Å². The molecule has 4 N–H and O–H groups in total. The second kappa shape index (κ2) is 13.8. The number of ether oxygens (including phenoxy) is 1. The third-order valence-electron chi connectivity index (χ3n) is 4.43. The maximum absolute atomic E-state index is 10.8. The van der Waals surface area contributed by atoms with Crippen LogP contribution in [0.4, 0.5) is 0 Å². The zero-order valence-corrected chi connectivity index (χ0v) is 17.8. The number of hydrogen-bond donors (Lipinski definition) is 3. The molecule has 1 atom stereocenters. The Morgan fingerprint density at radius 1 is 1.29 bits per heavy atom. The van der Waals surface area contributed by atoms with E-state index in [2.05, 4.69) is 48.2 Å². The molecule has 0 radical (unpaired) electrons. The summed E-state index contributed by atoms with van der Waals surface area (Å²) in [7, 11) is 0. The van der Waals surface area contributed by atoms with Crippen molar-refractivity contribution in [3.8, 4) is 5.75 Å². The first kappa shape index (κ1) is 23.8. The number of rotatable bonds is 13. The molecule has 1 aromatic carbocycles. The molecule has 0 bridgehead atoms. The number of guanidine groups is 1. The lowest BCUT2D eigenvalue weighted by Gasteiger charge is -2.21. The van der Waals surface area contributed by atoms with Crippen molar-refractivity contribution in [2.45, 2.75) is 53.1 Å². The molecule has 0 aliphatic carbocycles. The average molecular weight is 392 g/mol. The third kappa shape index (κ3) is 10.2. The van der Waals surface area contributed by atoms with E-state index in [-0.39, 0.29) is 6.61 Å². The summed E-state index contributed by atoms with van der Waals surface area (Å²) in [5.74, 6) is 0.938. The molecule has 0 saturated carbocycles. The number of nitrogens with one attached hydrogen (secondary N) is 2. The predicted molar refractivity (Wildman–Crippen MR) is 116 cm³/mol. The minimum Gasteiger partial charge on any atom is -0.484 e. The maximum Gasteiger partial charge on any atom is 0.255 e. The Balaban J connectivity index is 2.56. The number of carbonyl (C=O) groups is 1. The standard InChI is InChI=1S/C21H37N5O2/c1-5-23-21(25-17(4)10-9-13-26(6-2)7-3)24-15-18-11-8-12-19(14-18)28-16-20(22)27/h8,11-12,14,17H,5-7,9-10,13,15-16H2,1-4H3,(H2,22,27)(H2,23,24,25). The quantitative estimate of drug-likeness (QED) is 0.354. The molecule has 1 unspecified atom stereocenters. The van der Waals surface area contributed by atoms with Gasteiger partial charge in [-0.15, -0.1) is 0 Å². The van der Waals surface area contributed by atoms with Crippen LogP contribution in [0.25, 0.3) is 0 Å². The highest BCUT2D eigenvalue weighted by molar-refractivity contribution is 5.80. The number of benzene rings is 1. The lowest BCUT2D eigenvalue weighted by atomic mass is 10.2. The molecule has 0 heterocycles. The smallest absolute Gasteiger partial charge is 0.255 e. The predicted octanol–water partition coefficient (Wildman–Crippen LogP) is 2.12. The molecular weight excluding hydrogens is 354 g/mol. The van der Waals surface area contributed by atoms with Gasteiger partial charge in [0.05, 0.1) is 6.54 Å². The summed E-state index contributed by atoms with van der Waals surface area (Å²) in [6, 6.07) is 7.90. The number of nitrogens with two attached hydrogens (primary N) is 1. The third-order valence-corrected chi connectivity index (χ3v) is 4.43. The molecule has 1 aromatic rings. The Bertz CT molecular complexity index is 602. The largest absolute Gasteiger partial charge is 0.484 e. The molecule has 0 fully saturated rings. The summed E-state index contributed by atoms with van der Waals surface area (Å²) >= 11 is 0.